The molecule has 3 heteroatoms. The molecule has 1 N–H and O–H groups in total. The van der Waals surface area contributed by atoms with E-state index >= 15 is 0 Å². The molecule has 0 amide bonds. The minimum Gasteiger partial charge on any atom is -0.392 e. The van der Waals surface area contributed by atoms with E-state index in [0.29, 0.717) is 11.8 Å². The molecule has 3 rings (SSSR count). The summed E-state index contributed by atoms with van der Waals surface area (Å²) in [4.78, 5) is 1.26. The van der Waals surface area contributed by atoms with Crippen molar-refractivity contribution in [1.29, 1.82) is 0 Å². The molecule has 1 heterocycles. The minimum atomic E-state index is -0.208. The molecule has 3 atom stereocenters. The van der Waals surface area contributed by atoms with E-state index in [2.05, 4.69) is 46.3 Å². The summed E-state index contributed by atoms with van der Waals surface area (Å²) < 4.78 is 1.14. The van der Waals surface area contributed by atoms with E-state index in [0.717, 1.165) is 16.6 Å². The lowest BCUT2D eigenvalue weighted by atomic mass is 10.0. The van der Waals surface area contributed by atoms with Crippen LogP contribution in [-0.4, -0.2) is 11.2 Å². The lowest BCUT2D eigenvalue weighted by molar-refractivity contribution is 0.150. The Hall–Kier alpha value is -0.640. The fraction of sp³-hybridized carbons (Fsp3) is 0.333. The Morgan fingerprint density at radius 3 is 2.67 bits per heavy atom. The Bertz CT molecular complexity index is 522. The molecular formula is C15H15BrOS. The van der Waals surface area contributed by atoms with E-state index < -0.39 is 0 Å². The SMILES string of the molecule is OC(Cc1ccc(Br)s1)C1CC1c1ccccc1. The number of rotatable bonds is 4. The van der Waals surface area contributed by atoms with Crippen LogP contribution in [0.2, 0.25) is 0 Å². The second-order valence-corrected chi connectivity index (χ2v) is 7.44. The molecule has 1 aromatic carbocycles. The average molecular weight is 323 g/mol. The van der Waals surface area contributed by atoms with Gasteiger partial charge >= 0.3 is 0 Å². The summed E-state index contributed by atoms with van der Waals surface area (Å²) in [7, 11) is 0. The lowest BCUT2D eigenvalue weighted by Gasteiger charge is -2.08. The van der Waals surface area contributed by atoms with Crippen LogP contribution in [0.5, 0.6) is 0 Å². The molecule has 3 unspecified atom stereocenters. The highest BCUT2D eigenvalue weighted by Crippen LogP contribution is 2.50. The summed E-state index contributed by atoms with van der Waals surface area (Å²) in [5.74, 6) is 0.998. The zero-order valence-electron chi connectivity index (χ0n) is 9.92. The van der Waals surface area contributed by atoms with Gasteiger partial charge in [-0.05, 0) is 51.9 Å². The highest BCUT2D eigenvalue weighted by molar-refractivity contribution is 9.11. The van der Waals surface area contributed by atoms with Gasteiger partial charge in [-0.25, -0.2) is 0 Å². The van der Waals surface area contributed by atoms with Gasteiger partial charge in [0.1, 0.15) is 0 Å². The predicted molar refractivity (Wildman–Crippen MR) is 79.0 cm³/mol. The summed E-state index contributed by atoms with van der Waals surface area (Å²) in [6, 6.07) is 14.7. The summed E-state index contributed by atoms with van der Waals surface area (Å²) in [6.07, 6.45) is 1.70. The van der Waals surface area contributed by atoms with Crippen LogP contribution < -0.4 is 0 Å². The third-order valence-electron chi connectivity index (χ3n) is 3.60. The van der Waals surface area contributed by atoms with Crippen molar-refractivity contribution in [1.82, 2.24) is 0 Å². The van der Waals surface area contributed by atoms with Gasteiger partial charge in [-0.3, -0.25) is 0 Å². The van der Waals surface area contributed by atoms with Gasteiger partial charge in [0.2, 0.25) is 0 Å². The van der Waals surface area contributed by atoms with Crippen LogP contribution in [0.15, 0.2) is 46.3 Å². The van der Waals surface area contributed by atoms with Crippen molar-refractivity contribution in [2.24, 2.45) is 5.92 Å². The van der Waals surface area contributed by atoms with E-state index in [4.69, 9.17) is 0 Å². The fourth-order valence-electron chi connectivity index (χ4n) is 2.54. The number of benzene rings is 1. The first kappa shape index (κ1) is 12.4. The predicted octanol–water partition coefficient (Wildman–Crippen LogP) is 4.22. The number of hydrogen-bond donors (Lipinski definition) is 1. The maximum Gasteiger partial charge on any atom is 0.0701 e. The van der Waals surface area contributed by atoms with E-state index in [1.165, 1.54) is 10.4 Å². The lowest BCUT2D eigenvalue weighted by Crippen LogP contribution is -2.13. The van der Waals surface area contributed by atoms with Crippen molar-refractivity contribution < 1.29 is 5.11 Å². The van der Waals surface area contributed by atoms with E-state index in [1.54, 1.807) is 11.3 Å². The number of halogens is 1. The highest BCUT2D eigenvalue weighted by Gasteiger charge is 2.43. The van der Waals surface area contributed by atoms with E-state index in [1.807, 2.05) is 12.1 Å². The molecule has 0 aliphatic heterocycles. The first-order valence-electron chi connectivity index (χ1n) is 6.21. The van der Waals surface area contributed by atoms with Crippen molar-refractivity contribution in [3.63, 3.8) is 0 Å². The van der Waals surface area contributed by atoms with E-state index in [-0.39, 0.29) is 6.10 Å². The van der Waals surface area contributed by atoms with Crippen LogP contribution in [0, 0.1) is 5.92 Å². The summed E-state index contributed by atoms with van der Waals surface area (Å²) in [6.45, 7) is 0. The first-order valence-corrected chi connectivity index (χ1v) is 7.82. The molecule has 0 radical (unpaired) electrons. The molecule has 1 nitrogen and oxygen atoms in total. The Labute approximate surface area is 120 Å². The molecule has 1 aliphatic rings. The van der Waals surface area contributed by atoms with Gasteiger partial charge < -0.3 is 5.11 Å². The van der Waals surface area contributed by atoms with Gasteiger partial charge in [-0.1, -0.05) is 30.3 Å². The van der Waals surface area contributed by atoms with Crippen molar-refractivity contribution >= 4 is 27.3 Å². The van der Waals surface area contributed by atoms with Crippen LogP contribution >= 0.6 is 27.3 Å². The Kier molecular flexibility index (Phi) is 3.55. The quantitative estimate of drug-likeness (QED) is 0.893. The van der Waals surface area contributed by atoms with Gasteiger partial charge in [-0.2, -0.15) is 0 Å². The summed E-state index contributed by atoms with van der Waals surface area (Å²) in [5, 5.41) is 10.3. The monoisotopic (exact) mass is 322 g/mol. The van der Waals surface area contributed by atoms with Crippen LogP contribution in [0.25, 0.3) is 0 Å². The summed E-state index contributed by atoms with van der Waals surface area (Å²) in [5.41, 5.74) is 1.37. The molecular weight excluding hydrogens is 308 g/mol. The van der Waals surface area contributed by atoms with Crippen LogP contribution in [0.3, 0.4) is 0 Å². The van der Waals surface area contributed by atoms with Crippen molar-refractivity contribution in [3.8, 4) is 0 Å². The average Bonchev–Trinajstić information content (AvgIpc) is 3.09. The second-order valence-electron chi connectivity index (χ2n) is 4.89. The van der Waals surface area contributed by atoms with Crippen molar-refractivity contribution in [3.05, 3.63) is 56.7 Å². The Balaban J connectivity index is 1.61. The number of thiophene rings is 1. The number of aliphatic hydroxyl groups is 1. The van der Waals surface area contributed by atoms with Gasteiger partial charge in [0.05, 0.1) is 9.89 Å². The zero-order chi connectivity index (χ0) is 12.5. The topological polar surface area (TPSA) is 20.2 Å². The smallest absolute Gasteiger partial charge is 0.0701 e. The standard InChI is InChI=1S/C15H15BrOS/c16-15-7-6-11(18-15)8-14(17)13-9-12(13)10-4-2-1-3-5-10/h1-7,12-14,17H,8-9H2. The van der Waals surface area contributed by atoms with Gasteiger partial charge in [0.25, 0.3) is 0 Å². The van der Waals surface area contributed by atoms with Crippen molar-refractivity contribution in [2.75, 3.05) is 0 Å². The molecule has 18 heavy (non-hydrogen) atoms. The zero-order valence-corrected chi connectivity index (χ0v) is 12.3. The van der Waals surface area contributed by atoms with Crippen LogP contribution in [0.4, 0.5) is 0 Å². The minimum absolute atomic E-state index is 0.208. The molecule has 0 saturated heterocycles. The van der Waals surface area contributed by atoms with E-state index in [9.17, 15) is 5.11 Å². The third-order valence-corrected chi connectivity index (χ3v) is 5.25. The summed E-state index contributed by atoms with van der Waals surface area (Å²) >= 11 is 5.18. The molecule has 1 saturated carbocycles. The maximum absolute atomic E-state index is 10.3. The van der Waals surface area contributed by atoms with Gasteiger partial charge in [-0.15, -0.1) is 11.3 Å². The molecule has 94 valence electrons. The van der Waals surface area contributed by atoms with Crippen molar-refractivity contribution in [2.45, 2.75) is 24.9 Å². The van der Waals surface area contributed by atoms with Crippen LogP contribution in [0.1, 0.15) is 22.8 Å². The number of hydrogen-bond acceptors (Lipinski definition) is 2. The van der Waals surface area contributed by atoms with Gasteiger partial charge in [0.15, 0.2) is 0 Å². The first-order chi connectivity index (χ1) is 8.74. The highest BCUT2D eigenvalue weighted by atomic mass is 79.9. The fourth-order valence-corrected chi connectivity index (χ4v) is 4.07. The second kappa shape index (κ2) is 5.16. The third kappa shape index (κ3) is 2.68. The normalized spacial score (nSPS) is 23.9. The largest absolute Gasteiger partial charge is 0.392 e. The molecule has 1 aliphatic carbocycles. The maximum atomic E-state index is 10.3. The Morgan fingerprint density at radius 1 is 1.22 bits per heavy atom. The molecule has 0 bridgehead atoms. The molecule has 0 spiro atoms. The molecule has 1 aromatic heterocycles. The van der Waals surface area contributed by atoms with Gasteiger partial charge in [0, 0.05) is 11.3 Å². The molecule has 2 aromatic rings. The van der Waals surface area contributed by atoms with Crippen LogP contribution in [-0.2, 0) is 6.42 Å². The molecule has 1 fully saturated rings. The Morgan fingerprint density at radius 2 is 2.00 bits per heavy atom. The number of aliphatic hydroxyl groups excluding tert-OH is 1.